The van der Waals surface area contributed by atoms with Crippen LogP contribution >= 0.6 is 0 Å². The molecule has 0 bridgehead atoms. The molecule has 0 saturated carbocycles. The monoisotopic (exact) mass is 179 g/mol. The molecule has 2 heterocycles. The van der Waals surface area contributed by atoms with Gasteiger partial charge in [-0.2, -0.15) is 0 Å². The summed E-state index contributed by atoms with van der Waals surface area (Å²) in [6, 6.07) is 0. The van der Waals surface area contributed by atoms with Gasteiger partial charge in [0, 0.05) is 5.92 Å². The minimum atomic E-state index is -0.495. The van der Waals surface area contributed by atoms with Gasteiger partial charge in [-0.15, -0.1) is 0 Å². The van der Waals surface area contributed by atoms with Crippen molar-refractivity contribution < 1.29 is 4.42 Å². The van der Waals surface area contributed by atoms with Gasteiger partial charge in [-0.3, -0.25) is 4.98 Å². The van der Waals surface area contributed by atoms with Crippen molar-refractivity contribution >= 4 is 11.2 Å². The summed E-state index contributed by atoms with van der Waals surface area (Å²) in [7, 11) is 0. The third-order valence-corrected chi connectivity index (χ3v) is 1.71. The molecule has 2 rings (SSSR count). The molecule has 0 aliphatic rings. The molecule has 0 radical (unpaired) electrons. The summed E-state index contributed by atoms with van der Waals surface area (Å²) in [6.45, 7) is 3.97. The molecule has 0 amide bonds. The quantitative estimate of drug-likeness (QED) is 0.709. The van der Waals surface area contributed by atoms with Crippen LogP contribution in [0.2, 0.25) is 0 Å². The maximum atomic E-state index is 10.8. The highest BCUT2D eigenvalue weighted by Crippen LogP contribution is 2.11. The average molecular weight is 179 g/mol. The minimum Gasteiger partial charge on any atom is -0.404 e. The first-order valence-electron chi connectivity index (χ1n) is 4.02. The molecule has 5 heteroatoms. The molecule has 0 fully saturated rings. The number of fused-ring (bicyclic) bond motifs is 1. The van der Waals surface area contributed by atoms with Crippen molar-refractivity contribution in [2.24, 2.45) is 0 Å². The zero-order valence-electron chi connectivity index (χ0n) is 7.37. The number of nitrogens with one attached hydrogen (secondary N) is 1. The van der Waals surface area contributed by atoms with E-state index >= 15 is 0 Å². The number of aromatic amines is 1. The van der Waals surface area contributed by atoms with Crippen molar-refractivity contribution in [1.29, 1.82) is 0 Å². The number of hydrogen-bond donors (Lipinski definition) is 1. The first-order valence-corrected chi connectivity index (χ1v) is 4.02. The summed E-state index contributed by atoms with van der Waals surface area (Å²) >= 11 is 0. The summed E-state index contributed by atoms with van der Waals surface area (Å²) in [6.07, 6.45) is 1.51. The van der Waals surface area contributed by atoms with Crippen molar-refractivity contribution in [2.75, 3.05) is 0 Å². The summed E-state index contributed by atoms with van der Waals surface area (Å²) < 4.78 is 4.77. The second-order valence-corrected chi connectivity index (χ2v) is 3.11. The molecule has 0 saturated heterocycles. The third-order valence-electron chi connectivity index (χ3n) is 1.71. The molecule has 1 N–H and O–H groups in total. The van der Waals surface area contributed by atoms with Crippen LogP contribution in [0.25, 0.3) is 11.2 Å². The fourth-order valence-corrected chi connectivity index (χ4v) is 1.05. The Labute approximate surface area is 73.8 Å². The number of rotatable bonds is 1. The zero-order chi connectivity index (χ0) is 9.42. The summed E-state index contributed by atoms with van der Waals surface area (Å²) in [5.74, 6) is 0.442. The lowest BCUT2D eigenvalue weighted by Crippen LogP contribution is -1.97. The van der Waals surface area contributed by atoms with Gasteiger partial charge in [0.15, 0.2) is 11.2 Å². The van der Waals surface area contributed by atoms with Gasteiger partial charge in [0.1, 0.15) is 5.82 Å². The van der Waals surface area contributed by atoms with Crippen LogP contribution in [-0.2, 0) is 0 Å². The van der Waals surface area contributed by atoms with Gasteiger partial charge in [0.05, 0.1) is 6.20 Å². The molecule has 13 heavy (non-hydrogen) atoms. The van der Waals surface area contributed by atoms with Crippen LogP contribution in [0.1, 0.15) is 25.6 Å². The van der Waals surface area contributed by atoms with Gasteiger partial charge in [0.25, 0.3) is 0 Å². The largest absolute Gasteiger partial charge is 0.418 e. The van der Waals surface area contributed by atoms with Gasteiger partial charge < -0.3 is 4.42 Å². The molecular formula is C8H9N3O2. The van der Waals surface area contributed by atoms with Crippen LogP contribution in [0.15, 0.2) is 15.4 Å². The van der Waals surface area contributed by atoms with E-state index in [-0.39, 0.29) is 5.92 Å². The molecule has 2 aromatic rings. The van der Waals surface area contributed by atoms with Gasteiger partial charge >= 0.3 is 5.76 Å². The predicted octanol–water partition coefficient (Wildman–Crippen LogP) is 1.03. The number of nitrogens with zero attached hydrogens (tertiary/aromatic N) is 2. The summed E-state index contributed by atoms with van der Waals surface area (Å²) in [4.78, 5) is 21.5. The number of aromatic nitrogens is 3. The van der Waals surface area contributed by atoms with Crippen LogP contribution in [0.3, 0.4) is 0 Å². The maximum Gasteiger partial charge on any atom is 0.418 e. The number of hydrogen-bond acceptors (Lipinski definition) is 4. The molecule has 0 spiro atoms. The molecule has 0 unspecified atom stereocenters. The first kappa shape index (κ1) is 7.97. The second-order valence-electron chi connectivity index (χ2n) is 3.11. The molecule has 68 valence electrons. The Kier molecular flexibility index (Phi) is 1.65. The highest BCUT2D eigenvalue weighted by Gasteiger charge is 2.07. The minimum absolute atomic E-state index is 0.239. The number of oxazole rings is 1. The Morgan fingerprint density at radius 1 is 1.54 bits per heavy atom. The molecule has 0 aliphatic carbocycles. The van der Waals surface area contributed by atoms with E-state index < -0.39 is 5.76 Å². The van der Waals surface area contributed by atoms with Crippen LogP contribution in [0.4, 0.5) is 0 Å². The van der Waals surface area contributed by atoms with Gasteiger partial charge in [0.2, 0.25) is 0 Å². The fourth-order valence-electron chi connectivity index (χ4n) is 1.05. The SMILES string of the molecule is CC(C)c1ncc2oc(=O)[nH]c2n1. The Bertz CT molecular complexity index is 483. The second kappa shape index (κ2) is 2.69. The molecule has 2 aromatic heterocycles. The lowest BCUT2D eigenvalue weighted by Gasteiger charge is -2.00. The van der Waals surface area contributed by atoms with Crippen molar-refractivity contribution in [3.8, 4) is 0 Å². The van der Waals surface area contributed by atoms with E-state index in [1.165, 1.54) is 6.20 Å². The van der Waals surface area contributed by atoms with Gasteiger partial charge in [-0.05, 0) is 0 Å². The van der Waals surface area contributed by atoms with Gasteiger partial charge in [-0.25, -0.2) is 14.8 Å². The lowest BCUT2D eigenvalue weighted by atomic mass is 10.2. The van der Waals surface area contributed by atoms with E-state index in [1.54, 1.807) is 0 Å². The van der Waals surface area contributed by atoms with Crippen LogP contribution in [0, 0.1) is 0 Å². The molecule has 0 atom stereocenters. The van der Waals surface area contributed by atoms with Crippen LogP contribution < -0.4 is 5.76 Å². The summed E-state index contributed by atoms with van der Waals surface area (Å²) in [5.41, 5.74) is 0.859. The normalized spacial score (nSPS) is 11.3. The van der Waals surface area contributed by atoms with E-state index in [0.717, 1.165) is 0 Å². The van der Waals surface area contributed by atoms with E-state index in [9.17, 15) is 4.79 Å². The van der Waals surface area contributed by atoms with Crippen molar-refractivity contribution in [2.45, 2.75) is 19.8 Å². The van der Waals surface area contributed by atoms with E-state index in [2.05, 4.69) is 15.0 Å². The fraction of sp³-hybridized carbons (Fsp3) is 0.375. The maximum absolute atomic E-state index is 10.8. The molecule has 0 aromatic carbocycles. The van der Waals surface area contributed by atoms with Crippen molar-refractivity contribution in [3.63, 3.8) is 0 Å². The Morgan fingerprint density at radius 3 is 3.00 bits per heavy atom. The van der Waals surface area contributed by atoms with E-state index in [4.69, 9.17) is 4.42 Å². The van der Waals surface area contributed by atoms with E-state index in [0.29, 0.717) is 17.1 Å². The Hall–Kier alpha value is -1.65. The van der Waals surface area contributed by atoms with Crippen molar-refractivity contribution in [3.05, 3.63) is 22.6 Å². The highest BCUT2D eigenvalue weighted by atomic mass is 16.4. The topological polar surface area (TPSA) is 71.8 Å². The Morgan fingerprint density at radius 2 is 2.31 bits per heavy atom. The van der Waals surface area contributed by atoms with Crippen LogP contribution in [-0.4, -0.2) is 15.0 Å². The van der Waals surface area contributed by atoms with Gasteiger partial charge in [-0.1, -0.05) is 13.8 Å². The standard InChI is InChI=1S/C8H9N3O2/c1-4(2)6-9-3-5-7(10-6)11-8(12)13-5/h3-4H,1-2H3,(H,9,10,11,12). The highest BCUT2D eigenvalue weighted by molar-refractivity contribution is 5.65. The zero-order valence-corrected chi connectivity index (χ0v) is 7.37. The molecule has 5 nitrogen and oxygen atoms in total. The predicted molar refractivity (Wildman–Crippen MR) is 46.5 cm³/mol. The lowest BCUT2D eigenvalue weighted by molar-refractivity contribution is 0.553. The number of H-pyrrole nitrogens is 1. The van der Waals surface area contributed by atoms with Crippen molar-refractivity contribution in [1.82, 2.24) is 15.0 Å². The molecule has 0 aliphatic heterocycles. The van der Waals surface area contributed by atoms with E-state index in [1.807, 2.05) is 13.8 Å². The molecular weight excluding hydrogens is 170 g/mol. The Balaban J connectivity index is 2.68. The average Bonchev–Trinajstić information content (AvgIpc) is 2.42. The first-order chi connectivity index (χ1) is 6.16. The third kappa shape index (κ3) is 1.32. The smallest absolute Gasteiger partial charge is 0.404 e. The summed E-state index contributed by atoms with van der Waals surface area (Å²) in [5, 5.41) is 0. The van der Waals surface area contributed by atoms with Crippen LogP contribution in [0.5, 0.6) is 0 Å².